The van der Waals surface area contributed by atoms with Gasteiger partial charge in [-0.15, -0.1) is 0 Å². The van der Waals surface area contributed by atoms with Gasteiger partial charge in [-0.3, -0.25) is 4.98 Å². The first-order valence-corrected chi connectivity index (χ1v) is 6.55. The second-order valence-corrected chi connectivity index (χ2v) is 4.66. The van der Waals surface area contributed by atoms with E-state index in [0.29, 0.717) is 0 Å². The third kappa shape index (κ3) is 2.89. The Kier molecular flexibility index (Phi) is 3.59. The molecule has 1 N–H and O–H groups in total. The first kappa shape index (κ1) is 13.2. The number of hydrogen-bond donors (Lipinski definition) is 1. The minimum atomic E-state index is -0.342. The van der Waals surface area contributed by atoms with Crippen LogP contribution in [0.5, 0.6) is 0 Å². The van der Waals surface area contributed by atoms with Gasteiger partial charge in [-0.2, -0.15) is 5.10 Å². The molecule has 3 rings (SSSR count). The van der Waals surface area contributed by atoms with Gasteiger partial charge in [-0.25, -0.2) is 14.1 Å². The van der Waals surface area contributed by atoms with Gasteiger partial charge in [-0.05, 0) is 30.7 Å². The van der Waals surface area contributed by atoms with E-state index >= 15 is 0 Å². The first-order valence-electron chi connectivity index (χ1n) is 6.55. The molecule has 0 fully saturated rings. The van der Waals surface area contributed by atoms with Crippen molar-refractivity contribution in [1.29, 1.82) is 0 Å². The molecule has 106 valence electrons. The third-order valence-corrected chi connectivity index (χ3v) is 3.17. The van der Waals surface area contributed by atoms with E-state index < -0.39 is 0 Å². The summed E-state index contributed by atoms with van der Waals surface area (Å²) in [5.74, 6) is -0.342. The highest BCUT2D eigenvalue weighted by atomic mass is 19.1. The lowest BCUT2D eigenvalue weighted by Crippen LogP contribution is -2.10. The van der Waals surface area contributed by atoms with Gasteiger partial charge in [0.2, 0.25) is 0 Å². The molecule has 0 saturated carbocycles. The highest BCUT2D eigenvalue weighted by molar-refractivity contribution is 5.61. The molecule has 0 aliphatic carbocycles. The quantitative estimate of drug-likeness (QED) is 0.799. The lowest BCUT2D eigenvalue weighted by Gasteiger charge is -2.18. The van der Waals surface area contributed by atoms with Gasteiger partial charge in [0.25, 0.3) is 0 Å². The lowest BCUT2D eigenvalue weighted by atomic mass is 10.1. The summed E-state index contributed by atoms with van der Waals surface area (Å²) in [6.45, 7) is 1.95. The normalized spacial score (nSPS) is 12.1. The maximum Gasteiger partial charge on any atom is 0.141 e. The summed E-state index contributed by atoms with van der Waals surface area (Å²) in [4.78, 5) is 7.83. The minimum Gasteiger partial charge on any atom is -0.377 e. The molecule has 1 unspecified atom stereocenters. The summed E-state index contributed by atoms with van der Waals surface area (Å²) in [6.07, 6.45) is 5.96. The Labute approximate surface area is 121 Å². The van der Waals surface area contributed by atoms with Gasteiger partial charge in [0.05, 0.1) is 23.6 Å². The number of hydrogen-bond acceptors (Lipinski definition) is 4. The zero-order chi connectivity index (χ0) is 14.7. The number of anilines is 1. The van der Waals surface area contributed by atoms with Crippen molar-refractivity contribution in [2.24, 2.45) is 0 Å². The van der Waals surface area contributed by atoms with Crippen molar-refractivity contribution in [3.63, 3.8) is 0 Å². The maximum atomic E-state index is 13.3. The SMILES string of the molecule is CC(Nc1ccccc1-n1cncn1)c1cncc(F)c1. The van der Waals surface area contributed by atoms with Crippen molar-refractivity contribution in [1.82, 2.24) is 19.7 Å². The van der Waals surface area contributed by atoms with Crippen molar-refractivity contribution in [2.75, 3.05) is 5.32 Å². The number of aromatic nitrogens is 4. The molecule has 6 heteroatoms. The molecule has 2 heterocycles. The summed E-state index contributed by atoms with van der Waals surface area (Å²) in [5.41, 5.74) is 2.55. The Morgan fingerprint density at radius 2 is 2.05 bits per heavy atom. The van der Waals surface area contributed by atoms with Crippen LogP contribution in [0.15, 0.2) is 55.4 Å². The number of halogens is 1. The maximum absolute atomic E-state index is 13.3. The second kappa shape index (κ2) is 5.70. The molecule has 0 bridgehead atoms. The Morgan fingerprint density at radius 1 is 1.19 bits per heavy atom. The van der Waals surface area contributed by atoms with E-state index in [4.69, 9.17) is 0 Å². The van der Waals surface area contributed by atoms with Crippen molar-refractivity contribution >= 4 is 5.69 Å². The van der Waals surface area contributed by atoms with Gasteiger partial charge in [0.1, 0.15) is 18.5 Å². The smallest absolute Gasteiger partial charge is 0.141 e. The molecule has 0 saturated heterocycles. The van der Waals surface area contributed by atoms with E-state index in [9.17, 15) is 4.39 Å². The number of pyridine rings is 1. The Balaban J connectivity index is 1.88. The predicted molar refractivity (Wildman–Crippen MR) is 77.6 cm³/mol. The lowest BCUT2D eigenvalue weighted by molar-refractivity contribution is 0.616. The van der Waals surface area contributed by atoms with E-state index in [1.54, 1.807) is 17.2 Å². The van der Waals surface area contributed by atoms with Crippen LogP contribution in [0.25, 0.3) is 5.69 Å². The standard InChI is InChI=1S/C15H14FN5/c1-11(12-6-13(16)8-17-7-12)20-14-4-2-3-5-15(14)21-10-18-9-19-21/h2-11,20H,1H3. The number of nitrogens with one attached hydrogen (secondary N) is 1. The number of para-hydroxylation sites is 2. The van der Waals surface area contributed by atoms with Gasteiger partial charge in [0.15, 0.2) is 0 Å². The molecule has 3 aromatic rings. The van der Waals surface area contributed by atoms with Crippen LogP contribution < -0.4 is 5.32 Å². The molecule has 1 aromatic carbocycles. The fourth-order valence-corrected chi connectivity index (χ4v) is 2.11. The molecule has 1 atom stereocenters. The summed E-state index contributed by atoms with van der Waals surface area (Å²) in [5, 5.41) is 7.48. The van der Waals surface area contributed by atoms with Crippen LogP contribution in [0, 0.1) is 5.82 Å². The third-order valence-electron chi connectivity index (χ3n) is 3.17. The van der Waals surface area contributed by atoms with Crippen molar-refractivity contribution < 1.29 is 4.39 Å². The monoisotopic (exact) mass is 283 g/mol. The Hall–Kier alpha value is -2.76. The molecular weight excluding hydrogens is 269 g/mol. The van der Waals surface area contributed by atoms with E-state index in [1.165, 1.54) is 18.6 Å². The van der Waals surface area contributed by atoms with E-state index in [1.807, 2.05) is 31.2 Å². The van der Waals surface area contributed by atoms with Crippen molar-refractivity contribution in [3.05, 3.63) is 66.8 Å². The van der Waals surface area contributed by atoms with Gasteiger partial charge in [-0.1, -0.05) is 12.1 Å². The Bertz CT molecular complexity index is 726. The van der Waals surface area contributed by atoms with Gasteiger partial charge < -0.3 is 5.32 Å². The average molecular weight is 283 g/mol. The number of benzene rings is 1. The fraction of sp³-hybridized carbons (Fsp3) is 0.133. The molecule has 21 heavy (non-hydrogen) atoms. The van der Waals surface area contributed by atoms with Crippen molar-refractivity contribution in [3.8, 4) is 5.69 Å². The Morgan fingerprint density at radius 3 is 2.81 bits per heavy atom. The number of rotatable bonds is 4. The zero-order valence-electron chi connectivity index (χ0n) is 11.4. The van der Waals surface area contributed by atoms with Crippen LogP contribution in [0.2, 0.25) is 0 Å². The predicted octanol–water partition coefficient (Wildman–Crippen LogP) is 2.97. The summed E-state index contributed by atoms with van der Waals surface area (Å²) in [6, 6.07) is 9.13. The van der Waals surface area contributed by atoms with Crippen LogP contribution in [0.3, 0.4) is 0 Å². The van der Waals surface area contributed by atoms with E-state index in [2.05, 4.69) is 20.4 Å². The molecule has 0 radical (unpaired) electrons. The molecule has 0 aliphatic rings. The van der Waals surface area contributed by atoms with Crippen LogP contribution >= 0.6 is 0 Å². The van der Waals surface area contributed by atoms with E-state index in [-0.39, 0.29) is 11.9 Å². The average Bonchev–Trinajstić information content (AvgIpc) is 3.02. The van der Waals surface area contributed by atoms with Crippen molar-refractivity contribution in [2.45, 2.75) is 13.0 Å². The largest absolute Gasteiger partial charge is 0.377 e. The molecule has 0 amide bonds. The first-order chi connectivity index (χ1) is 10.2. The molecule has 5 nitrogen and oxygen atoms in total. The van der Waals surface area contributed by atoms with Crippen LogP contribution in [-0.2, 0) is 0 Å². The van der Waals surface area contributed by atoms with E-state index in [0.717, 1.165) is 16.9 Å². The summed E-state index contributed by atoms with van der Waals surface area (Å²) >= 11 is 0. The number of nitrogens with zero attached hydrogens (tertiary/aromatic N) is 4. The summed E-state index contributed by atoms with van der Waals surface area (Å²) < 4.78 is 14.9. The van der Waals surface area contributed by atoms with Gasteiger partial charge >= 0.3 is 0 Å². The van der Waals surface area contributed by atoms with Crippen LogP contribution in [-0.4, -0.2) is 19.7 Å². The molecular formula is C15H14FN5. The second-order valence-electron chi connectivity index (χ2n) is 4.66. The molecule has 0 spiro atoms. The fourth-order valence-electron chi connectivity index (χ4n) is 2.11. The highest BCUT2D eigenvalue weighted by Crippen LogP contribution is 2.24. The van der Waals surface area contributed by atoms with Crippen LogP contribution in [0.4, 0.5) is 10.1 Å². The van der Waals surface area contributed by atoms with Crippen LogP contribution in [0.1, 0.15) is 18.5 Å². The minimum absolute atomic E-state index is 0.0853. The topological polar surface area (TPSA) is 55.6 Å². The molecule has 2 aromatic heterocycles. The van der Waals surface area contributed by atoms with Gasteiger partial charge in [0, 0.05) is 6.20 Å². The molecule has 0 aliphatic heterocycles. The highest BCUT2D eigenvalue weighted by Gasteiger charge is 2.10. The zero-order valence-corrected chi connectivity index (χ0v) is 11.4. The summed E-state index contributed by atoms with van der Waals surface area (Å²) in [7, 11) is 0.